The molecule has 7 heteroatoms. The Labute approximate surface area is 175 Å². The molecule has 0 bridgehead atoms. The van der Waals surface area contributed by atoms with Crippen molar-refractivity contribution in [1.82, 2.24) is 10.1 Å². The molecule has 4 rings (SSSR count). The highest BCUT2D eigenvalue weighted by Gasteiger charge is 2.37. The predicted octanol–water partition coefficient (Wildman–Crippen LogP) is 3.79. The van der Waals surface area contributed by atoms with Crippen molar-refractivity contribution in [2.24, 2.45) is 5.92 Å². The summed E-state index contributed by atoms with van der Waals surface area (Å²) in [6, 6.07) is 13.3. The number of aromatic nitrogens is 1. The highest BCUT2D eigenvalue weighted by atomic mass is 16.5. The summed E-state index contributed by atoms with van der Waals surface area (Å²) in [5.74, 6) is 2.55. The van der Waals surface area contributed by atoms with Crippen molar-refractivity contribution in [2.45, 2.75) is 33.0 Å². The van der Waals surface area contributed by atoms with Gasteiger partial charge in [0.05, 0.1) is 11.8 Å². The number of likely N-dealkylation sites (tertiary alicyclic amines) is 1. The van der Waals surface area contributed by atoms with Gasteiger partial charge in [-0.3, -0.25) is 4.79 Å². The Bertz CT molecular complexity index is 994. The lowest BCUT2D eigenvalue weighted by atomic mass is 10.0. The molecule has 3 heterocycles. The molecule has 1 aliphatic heterocycles. The molecule has 1 saturated heterocycles. The van der Waals surface area contributed by atoms with Gasteiger partial charge in [-0.1, -0.05) is 23.4 Å². The Morgan fingerprint density at radius 3 is 2.67 bits per heavy atom. The number of ether oxygens (including phenoxy) is 2. The van der Waals surface area contributed by atoms with E-state index in [2.05, 4.69) is 5.16 Å². The number of carbonyl (C=O) groups is 1. The van der Waals surface area contributed by atoms with Crippen LogP contribution in [-0.4, -0.2) is 42.3 Å². The maximum atomic E-state index is 13.1. The standard InChI is InChI=1S/C23H26N2O5/c1-15-9-20(14-28-18-7-5-4-6-8-18)29-22(15)23(26)25-12-17(21(13-25)27-3)11-19-10-16(2)24-30-19/h4-10,17,21H,11-14H2,1-3H3/t17-,21+/m1/s1. The molecule has 3 aromatic rings. The van der Waals surface area contributed by atoms with Gasteiger partial charge in [0.25, 0.3) is 5.91 Å². The summed E-state index contributed by atoms with van der Waals surface area (Å²) in [6.07, 6.45) is 0.617. The van der Waals surface area contributed by atoms with Crippen molar-refractivity contribution in [3.8, 4) is 5.75 Å². The molecule has 7 nitrogen and oxygen atoms in total. The second-order valence-electron chi connectivity index (χ2n) is 7.71. The average molecular weight is 410 g/mol. The number of aryl methyl sites for hydroxylation is 2. The topological polar surface area (TPSA) is 77.9 Å². The molecule has 0 N–H and O–H groups in total. The Balaban J connectivity index is 1.41. The van der Waals surface area contributed by atoms with Gasteiger partial charge < -0.3 is 23.3 Å². The lowest BCUT2D eigenvalue weighted by Crippen LogP contribution is -2.30. The van der Waals surface area contributed by atoms with Crippen LogP contribution in [0, 0.1) is 19.8 Å². The Morgan fingerprint density at radius 2 is 1.97 bits per heavy atom. The fourth-order valence-corrected chi connectivity index (χ4v) is 3.89. The van der Waals surface area contributed by atoms with Gasteiger partial charge >= 0.3 is 0 Å². The molecular weight excluding hydrogens is 384 g/mol. The minimum Gasteiger partial charge on any atom is -0.486 e. The fourth-order valence-electron chi connectivity index (χ4n) is 3.89. The monoisotopic (exact) mass is 410 g/mol. The number of carbonyl (C=O) groups excluding carboxylic acids is 1. The van der Waals surface area contributed by atoms with Crippen LogP contribution >= 0.6 is 0 Å². The van der Waals surface area contributed by atoms with E-state index < -0.39 is 0 Å². The number of hydrogen-bond donors (Lipinski definition) is 0. The summed E-state index contributed by atoms with van der Waals surface area (Å²) in [7, 11) is 1.68. The Morgan fingerprint density at radius 1 is 1.17 bits per heavy atom. The normalized spacial score (nSPS) is 18.7. The first-order chi connectivity index (χ1) is 14.5. The van der Waals surface area contributed by atoms with Crippen LogP contribution in [0.2, 0.25) is 0 Å². The summed E-state index contributed by atoms with van der Waals surface area (Å²) < 4.78 is 22.6. The quantitative estimate of drug-likeness (QED) is 0.590. The third-order valence-corrected chi connectivity index (χ3v) is 5.40. The number of rotatable bonds is 7. The van der Waals surface area contributed by atoms with Crippen molar-refractivity contribution in [3.63, 3.8) is 0 Å². The molecule has 2 atom stereocenters. The van der Waals surface area contributed by atoms with Crippen LogP contribution in [0.15, 0.2) is 51.4 Å². The molecule has 158 valence electrons. The zero-order valence-corrected chi connectivity index (χ0v) is 17.5. The molecule has 0 unspecified atom stereocenters. The zero-order chi connectivity index (χ0) is 21.1. The number of benzene rings is 1. The molecule has 1 aromatic carbocycles. The van der Waals surface area contributed by atoms with E-state index in [0.717, 1.165) is 22.8 Å². The molecule has 0 spiro atoms. The molecule has 1 amide bonds. The number of nitrogens with zero attached hydrogens (tertiary/aromatic N) is 2. The van der Waals surface area contributed by atoms with Crippen LogP contribution in [0.4, 0.5) is 0 Å². The molecule has 2 aromatic heterocycles. The number of furan rings is 1. The smallest absolute Gasteiger partial charge is 0.289 e. The zero-order valence-electron chi connectivity index (χ0n) is 17.5. The SMILES string of the molecule is CO[C@H]1CN(C(=O)c2oc(COc3ccccc3)cc2C)C[C@H]1Cc1cc(C)no1. The summed E-state index contributed by atoms with van der Waals surface area (Å²) in [4.78, 5) is 14.9. The van der Waals surface area contributed by atoms with E-state index in [0.29, 0.717) is 31.0 Å². The van der Waals surface area contributed by atoms with Gasteiger partial charge in [-0.15, -0.1) is 0 Å². The van der Waals surface area contributed by atoms with Crippen molar-refractivity contribution in [2.75, 3.05) is 20.2 Å². The minimum atomic E-state index is -0.128. The second-order valence-corrected chi connectivity index (χ2v) is 7.71. The molecule has 1 aliphatic rings. The summed E-state index contributed by atoms with van der Waals surface area (Å²) in [5, 5.41) is 3.94. The van der Waals surface area contributed by atoms with Gasteiger partial charge in [0.2, 0.25) is 0 Å². The van der Waals surface area contributed by atoms with Crippen LogP contribution < -0.4 is 4.74 Å². The van der Waals surface area contributed by atoms with Gasteiger partial charge in [-0.05, 0) is 32.0 Å². The first kappa shape index (κ1) is 20.2. The first-order valence-corrected chi connectivity index (χ1v) is 10.0. The number of hydrogen-bond acceptors (Lipinski definition) is 6. The Kier molecular flexibility index (Phi) is 5.90. The summed E-state index contributed by atoms with van der Waals surface area (Å²) >= 11 is 0. The first-order valence-electron chi connectivity index (χ1n) is 10.0. The average Bonchev–Trinajstić information content (AvgIpc) is 3.45. The molecular formula is C23H26N2O5. The van der Waals surface area contributed by atoms with E-state index in [-0.39, 0.29) is 24.5 Å². The van der Waals surface area contributed by atoms with Gasteiger partial charge in [0, 0.05) is 44.2 Å². The van der Waals surface area contributed by atoms with E-state index in [9.17, 15) is 4.79 Å². The van der Waals surface area contributed by atoms with Gasteiger partial charge in [0.15, 0.2) is 5.76 Å². The van der Waals surface area contributed by atoms with E-state index in [1.807, 2.05) is 56.3 Å². The van der Waals surface area contributed by atoms with Gasteiger partial charge in [-0.2, -0.15) is 0 Å². The van der Waals surface area contributed by atoms with Crippen molar-refractivity contribution in [3.05, 3.63) is 71.0 Å². The molecule has 0 saturated carbocycles. The van der Waals surface area contributed by atoms with E-state index >= 15 is 0 Å². The van der Waals surface area contributed by atoms with E-state index in [1.54, 1.807) is 12.0 Å². The second kappa shape index (κ2) is 8.75. The third kappa shape index (κ3) is 4.41. The molecule has 30 heavy (non-hydrogen) atoms. The van der Waals surface area contributed by atoms with Crippen molar-refractivity contribution in [1.29, 1.82) is 0 Å². The number of methoxy groups -OCH3 is 1. The number of para-hydroxylation sites is 1. The highest BCUT2D eigenvalue weighted by molar-refractivity contribution is 5.93. The largest absolute Gasteiger partial charge is 0.486 e. The van der Waals surface area contributed by atoms with E-state index in [1.165, 1.54) is 0 Å². The van der Waals surface area contributed by atoms with Gasteiger partial charge in [0.1, 0.15) is 23.9 Å². The van der Waals surface area contributed by atoms with E-state index in [4.69, 9.17) is 18.4 Å². The highest BCUT2D eigenvalue weighted by Crippen LogP contribution is 2.27. The van der Waals surface area contributed by atoms with Gasteiger partial charge in [-0.25, -0.2) is 0 Å². The van der Waals surface area contributed by atoms with Crippen LogP contribution in [0.25, 0.3) is 0 Å². The van der Waals surface area contributed by atoms with Crippen LogP contribution in [0.1, 0.15) is 33.3 Å². The predicted molar refractivity (Wildman–Crippen MR) is 109 cm³/mol. The van der Waals surface area contributed by atoms with Crippen LogP contribution in [-0.2, 0) is 17.8 Å². The number of amides is 1. The lowest BCUT2D eigenvalue weighted by Gasteiger charge is -2.14. The minimum absolute atomic E-state index is 0.0597. The maximum Gasteiger partial charge on any atom is 0.289 e. The molecule has 0 radical (unpaired) electrons. The molecule has 1 fully saturated rings. The summed E-state index contributed by atoms with van der Waals surface area (Å²) in [5.41, 5.74) is 1.65. The fraction of sp³-hybridized carbons (Fsp3) is 0.391. The van der Waals surface area contributed by atoms with Crippen molar-refractivity contribution < 1.29 is 23.2 Å². The summed E-state index contributed by atoms with van der Waals surface area (Å²) in [6.45, 7) is 5.13. The maximum absolute atomic E-state index is 13.1. The molecule has 0 aliphatic carbocycles. The van der Waals surface area contributed by atoms with Crippen LogP contribution in [0.5, 0.6) is 5.75 Å². The van der Waals surface area contributed by atoms with Crippen LogP contribution in [0.3, 0.4) is 0 Å². The Hall–Kier alpha value is -3.06. The lowest BCUT2D eigenvalue weighted by molar-refractivity contribution is 0.0651. The van der Waals surface area contributed by atoms with Crippen molar-refractivity contribution >= 4 is 5.91 Å². The third-order valence-electron chi connectivity index (χ3n) is 5.40.